The van der Waals surface area contributed by atoms with Crippen molar-refractivity contribution in [2.45, 2.75) is 33.3 Å². The van der Waals surface area contributed by atoms with E-state index >= 15 is 0 Å². The molecule has 1 aliphatic heterocycles. The Morgan fingerprint density at radius 3 is 2.57 bits per heavy atom. The number of aryl methyl sites for hydroxylation is 2. The van der Waals surface area contributed by atoms with E-state index in [1.807, 2.05) is 45.0 Å². The first-order chi connectivity index (χ1) is 11.0. The minimum atomic E-state index is -0.906. The van der Waals surface area contributed by atoms with Gasteiger partial charge >= 0.3 is 11.9 Å². The molecule has 1 heterocycles. The molecule has 4 nitrogen and oxygen atoms in total. The summed E-state index contributed by atoms with van der Waals surface area (Å²) in [5, 5.41) is 0. The molecule has 118 valence electrons. The molecule has 0 N–H and O–H groups in total. The average molecular weight is 310 g/mol. The van der Waals surface area contributed by atoms with Crippen LogP contribution >= 0.6 is 0 Å². The van der Waals surface area contributed by atoms with Crippen LogP contribution in [0, 0.1) is 20.8 Å². The Bertz CT molecular complexity index is 792. The van der Waals surface area contributed by atoms with Crippen LogP contribution in [0.4, 0.5) is 0 Å². The van der Waals surface area contributed by atoms with E-state index in [4.69, 9.17) is 9.47 Å². The second-order valence-corrected chi connectivity index (χ2v) is 5.83. The molecule has 2 aromatic carbocycles. The zero-order valence-corrected chi connectivity index (χ0v) is 13.4. The van der Waals surface area contributed by atoms with Crippen LogP contribution in [-0.4, -0.2) is 18.0 Å². The normalized spacial score (nSPS) is 16.5. The van der Waals surface area contributed by atoms with Crippen LogP contribution in [0.5, 0.6) is 5.75 Å². The highest BCUT2D eigenvalue weighted by Crippen LogP contribution is 2.27. The lowest BCUT2D eigenvalue weighted by Gasteiger charge is -2.23. The Morgan fingerprint density at radius 1 is 1.09 bits per heavy atom. The Kier molecular flexibility index (Phi) is 3.90. The number of cyclic esters (lactones) is 1. The fraction of sp³-hybridized carbons (Fsp3) is 0.263. The SMILES string of the molecule is Cc1ccc(C)c(OC(=O)C2Cc3ccccc3C(=O)O2)c1C. The number of ether oxygens (including phenoxy) is 2. The molecule has 0 aromatic heterocycles. The summed E-state index contributed by atoms with van der Waals surface area (Å²) in [5.41, 5.74) is 4.16. The van der Waals surface area contributed by atoms with Crippen molar-refractivity contribution in [1.29, 1.82) is 0 Å². The molecule has 1 atom stereocenters. The van der Waals surface area contributed by atoms with Gasteiger partial charge in [-0.3, -0.25) is 0 Å². The van der Waals surface area contributed by atoms with Crippen LogP contribution in [0.2, 0.25) is 0 Å². The van der Waals surface area contributed by atoms with Crippen LogP contribution in [-0.2, 0) is 16.0 Å². The summed E-state index contributed by atoms with van der Waals surface area (Å²) in [6, 6.07) is 11.0. The van der Waals surface area contributed by atoms with Crippen LogP contribution in [0.1, 0.15) is 32.6 Å². The first-order valence-corrected chi connectivity index (χ1v) is 7.54. The predicted molar refractivity (Wildman–Crippen MR) is 85.6 cm³/mol. The maximum absolute atomic E-state index is 12.4. The lowest BCUT2D eigenvalue weighted by atomic mass is 9.98. The van der Waals surface area contributed by atoms with Crippen LogP contribution in [0.25, 0.3) is 0 Å². The van der Waals surface area contributed by atoms with Gasteiger partial charge in [0.05, 0.1) is 5.56 Å². The van der Waals surface area contributed by atoms with Gasteiger partial charge in [-0.25, -0.2) is 9.59 Å². The lowest BCUT2D eigenvalue weighted by Crippen LogP contribution is -2.37. The highest BCUT2D eigenvalue weighted by atomic mass is 16.6. The zero-order valence-electron chi connectivity index (χ0n) is 13.4. The quantitative estimate of drug-likeness (QED) is 0.631. The van der Waals surface area contributed by atoms with E-state index in [0.29, 0.717) is 17.7 Å². The minimum Gasteiger partial charge on any atom is -0.446 e. The third-order valence-electron chi connectivity index (χ3n) is 4.23. The van der Waals surface area contributed by atoms with Gasteiger partial charge in [-0.15, -0.1) is 0 Å². The molecule has 0 aliphatic carbocycles. The minimum absolute atomic E-state index is 0.338. The van der Waals surface area contributed by atoms with Crippen molar-refractivity contribution in [3.8, 4) is 5.75 Å². The first kappa shape index (κ1) is 15.3. The fourth-order valence-corrected chi connectivity index (χ4v) is 2.71. The van der Waals surface area contributed by atoms with Crippen molar-refractivity contribution in [2.75, 3.05) is 0 Å². The largest absolute Gasteiger partial charge is 0.446 e. The molecule has 1 unspecified atom stereocenters. The number of fused-ring (bicyclic) bond motifs is 1. The number of hydrogen-bond donors (Lipinski definition) is 0. The lowest BCUT2D eigenvalue weighted by molar-refractivity contribution is -0.144. The molecule has 0 fully saturated rings. The number of carbonyl (C=O) groups excluding carboxylic acids is 2. The Hall–Kier alpha value is -2.62. The van der Waals surface area contributed by atoms with Gasteiger partial charge in [0.2, 0.25) is 6.10 Å². The van der Waals surface area contributed by atoms with Gasteiger partial charge < -0.3 is 9.47 Å². The van der Waals surface area contributed by atoms with Gasteiger partial charge in [-0.1, -0.05) is 30.3 Å². The molecule has 23 heavy (non-hydrogen) atoms. The van der Waals surface area contributed by atoms with Gasteiger partial charge in [-0.2, -0.15) is 0 Å². The predicted octanol–water partition coefficient (Wildman–Crippen LogP) is 3.30. The number of hydrogen-bond acceptors (Lipinski definition) is 4. The molecule has 0 spiro atoms. The third-order valence-corrected chi connectivity index (χ3v) is 4.23. The summed E-state index contributed by atoms with van der Waals surface area (Å²) in [5.74, 6) is -0.471. The second kappa shape index (κ2) is 5.88. The molecular formula is C19H18O4. The molecule has 4 heteroatoms. The topological polar surface area (TPSA) is 52.6 Å². The molecule has 1 aliphatic rings. The Morgan fingerprint density at radius 2 is 1.78 bits per heavy atom. The van der Waals surface area contributed by atoms with Gasteiger partial charge in [0.25, 0.3) is 0 Å². The summed E-state index contributed by atoms with van der Waals surface area (Å²) in [6.07, 6.45) is -0.568. The summed E-state index contributed by atoms with van der Waals surface area (Å²) in [6.45, 7) is 5.76. The van der Waals surface area contributed by atoms with E-state index in [1.54, 1.807) is 12.1 Å². The van der Waals surface area contributed by atoms with E-state index < -0.39 is 18.0 Å². The molecule has 3 rings (SSSR count). The Labute approximate surface area is 135 Å². The molecule has 0 saturated carbocycles. The zero-order chi connectivity index (χ0) is 16.6. The number of benzene rings is 2. The first-order valence-electron chi connectivity index (χ1n) is 7.54. The number of carbonyl (C=O) groups is 2. The smallest absolute Gasteiger partial charge is 0.353 e. The van der Waals surface area contributed by atoms with Crippen molar-refractivity contribution >= 4 is 11.9 Å². The summed E-state index contributed by atoms with van der Waals surface area (Å²) in [7, 11) is 0. The molecule has 0 saturated heterocycles. The fourth-order valence-electron chi connectivity index (χ4n) is 2.71. The highest BCUT2D eigenvalue weighted by molar-refractivity contribution is 5.95. The van der Waals surface area contributed by atoms with Gasteiger partial charge in [0.15, 0.2) is 0 Å². The van der Waals surface area contributed by atoms with Crippen LogP contribution in [0.3, 0.4) is 0 Å². The van der Waals surface area contributed by atoms with Crippen LogP contribution < -0.4 is 4.74 Å². The highest BCUT2D eigenvalue weighted by Gasteiger charge is 2.33. The third kappa shape index (κ3) is 2.84. The van der Waals surface area contributed by atoms with E-state index in [2.05, 4.69) is 0 Å². The molecule has 2 aromatic rings. The van der Waals surface area contributed by atoms with Crippen LogP contribution in [0.15, 0.2) is 36.4 Å². The van der Waals surface area contributed by atoms with E-state index in [1.165, 1.54) is 0 Å². The van der Waals surface area contributed by atoms with Crippen molar-refractivity contribution in [3.05, 3.63) is 64.2 Å². The van der Waals surface area contributed by atoms with E-state index in [-0.39, 0.29) is 0 Å². The standard InChI is InChI=1S/C19H18O4/c1-11-8-9-12(2)17(13(11)3)23-19(21)16-10-14-6-4-5-7-15(14)18(20)22-16/h4-9,16H,10H2,1-3H3. The summed E-state index contributed by atoms with van der Waals surface area (Å²) >= 11 is 0. The summed E-state index contributed by atoms with van der Waals surface area (Å²) < 4.78 is 10.8. The Balaban J connectivity index is 1.83. The summed E-state index contributed by atoms with van der Waals surface area (Å²) in [4.78, 5) is 24.4. The van der Waals surface area contributed by atoms with Gasteiger partial charge in [0, 0.05) is 6.42 Å². The van der Waals surface area contributed by atoms with Crippen molar-refractivity contribution in [1.82, 2.24) is 0 Å². The monoisotopic (exact) mass is 310 g/mol. The van der Waals surface area contributed by atoms with Crippen molar-refractivity contribution in [3.63, 3.8) is 0 Å². The molecule has 0 radical (unpaired) electrons. The number of rotatable bonds is 2. The van der Waals surface area contributed by atoms with E-state index in [9.17, 15) is 9.59 Å². The average Bonchev–Trinajstić information content (AvgIpc) is 2.55. The molecule has 0 bridgehead atoms. The number of esters is 2. The maximum Gasteiger partial charge on any atom is 0.353 e. The van der Waals surface area contributed by atoms with Crippen molar-refractivity contribution in [2.24, 2.45) is 0 Å². The second-order valence-electron chi connectivity index (χ2n) is 5.83. The molecular weight excluding hydrogens is 292 g/mol. The maximum atomic E-state index is 12.4. The van der Waals surface area contributed by atoms with Gasteiger partial charge in [-0.05, 0) is 49.1 Å². The molecule has 0 amide bonds. The van der Waals surface area contributed by atoms with E-state index in [0.717, 1.165) is 22.3 Å². The van der Waals surface area contributed by atoms with Gasteiger partial charge in [0.1, 0.15) is 5.75 Å². The van der Waals surface area contributed by atoms with Crippen molar-refractivity contribution < 1.29 is 19.1 Å².